The number of carbonyl (C=O) groups is 2. The Labute approximate surface area is 154 Å². The molecule has 0 aliphatic carbocycles. The molecule has 0 fully saturated rings. The minimum atomic E-state index is -0.267. The monoisotopic (exact) mass is 354 g/mol. The van der Waals surface area contributed by atoms with E-state index in [1.165, 1.54) is 0 Å². The Morgan fingerprint density at radius 3 is 2.77 bits per heavy atom. The Bertz CT molecular complexity index is 839. The number of nitrogens with one attached hydrogen (secondary N) is 2. The first-order valence-corrected chi connectivity index (χ1v) is 9.27. The SMILES string of the molecule is CCCNC(=O)c1nc(C(=O)Nc2cc(C)ccc2C)n2c1CCCC2. The van der Waals surface area contributed by atoms with Gasteiger partial charge in [0, 0.05) is 18.8 Å². The Kier molecular flexibility index (Phi) is 5.40. The second-order valence-corrected chi connectivity index (χ2v) is 6.87. The third kappa shape index (κ3) is 3.64. The van der Waals surface area contributed by atoms with Crippen molar-refractivity contribution < 1.29 is 9.59 Å². The molecule has 2 heterocycles. The zero-order valence-corrected chi connectivity index (χ0v) is 15.7. The Morgan fingerprint density at radius 2 is 2.00 bits per heavy atom. The number of hydrogen-bond donors (Lipinski definition) is 2. The Balaban J connectivity index is 1.91. The predicted octanol–water partition coefficient (Wildman–Crippen LogP) is 3.23. The number of imidazole rings is 1. The number of rotatable bonds is 5. The Hall–Kier alpha value is -2.63. The van der Waals surface area contributed by atoms with E-state index in [-0.39, 0.29) is 11.8 Å². The van der Waals surface area contributed by atoms with E-state index in [9.17, 15) is 9.59 Å². The molecule has 26 heavy (non-hydrogen) atoms. The quantitative estimate of drug-likeness (QED) is 0.865. The highest BCUT2D eigenvalue weighted by molar-refractivity contribution is 6.04. The van der Waals surface area contributed by atoms with Crippen LogP contribution in [0.15, 0.2) is 18.2 Å². The summed E-state index contributed by atoms with van der Waals surface area (Å²) in [7, 11) is 0. The van der Waals surface area contributed by atoms with Crippen molar-refractivity contribution in [3.8, 4) is 0 Å². The molecule has 6 heteroatoms. The molecule has 0 spiro atoms. The molecule has 0 atom stereocenters. The smallest absolute Gasteiger partial charge is 0.291 e. The summed E-state index contributed by atoms with van der Waals surface area (Å²) in [5.74, 6) is -0.137. The average Bonchev–Trinajstić information content (AvgIpc) is 3.02. The maximum Gasteiger partial charge on any atom is 0.291 e. The van der Waals surface area contributed by atoms with Gasteiger partial charge in [0.2, 0.25) is 0 Å². The minimum Gasteiger partial charge on any atom is -0.351 e. The van der Waals surface area contributed by atoms with Crippen LogP contribution in [0.3, 0.4) is 0 Å². The zero-order chi connectivity index (χ0) is 18.7. The number of aromatic nitrogens is 2. The van der Waals surface area contributed by atoms with E-state index in [1.807, 2.05) is 43.5 Å². The third-order valence-electron chi connectivity index (χ3n) is 4.71. The van der Waals surface area contributed by atoms with Gasteiger partial charge < -0.3 is 15.2 Å². The van der Waals surface area contributed by atoms with Gasteiger partial charge in [-0.15, -0.1) is 0 Å². The first-order valence-electron chi connectivity index (χ1n) is 9.27. The van der Waals surface area contributed by atoms with Crippen LogP contribution in [0.2, 0.25) is 0 Å². The topological polar surface area (TPSA) is 76.0 Å². The van der Waals surface area contributed by atoms with Gasteiger partial charge in [0.05, 0.1) is 5.69 Å². The third-order valence-corrected chi connectivity index (χ3v) is 4.71. The van der Waals surface area contributed by atoms with Gasteiger partial charge in [0.25, 0.3) is 11.8 Å². The summed E-state index contributed by atoms with van der Waals surface area (Å²) in [4.78, 5) is 29.8. The molecule has 0 saturated heterocycles. The molecule has 138 valence electrons. The average molecular weight is 354 g/mol. The van der Waals surface area contributed by atoms with Crippen molar-refractivity contribution in [1.29, 1.82) is 0 Å². The molecule has 1 aromatic carbocycles. The summed E-state index contributed by atoms with van der Waals surface area (Å²) in [6.07, 6.45) is 3.64. The number of benzene rings is 1. The van der Waals surface area contributed by atoms with Crippen LogP contribution in [-0.4, -0.2) is 27.9 Å². The van der Waals surface area contributed by atoms with E-state index in [4.69, 9.17) is 0 Å². The van der Waals surface area contributed by atoms with Crippen molar-refractivity contribution in [2.45, 2.75) is 53.0 Å². The lowest BCUT2D eigenvalue weighted by atomic mass is 10.1. The van der Waals surface area contributed by atoms with Gasteiger partial charge in [0.1, 0.15) is 5.69 Å². The fraction of sp³-hybridized carbons (Fsp3) is 0.450. The molecule has 1 aliphatic rings. The summed E-state index contributed by atoms with van der Waals surface area (Å²) in [6, 6.07) is 5.94. The van der Waals surface area contributed by atoms with Crippen LogP contribution in [0.5, 0.6) is 0 Å². The van der Waals surface area contributed by atoms with Gasteiger partial charge in [-0.3, -0.25) is 9.59 Å². The Morgan fingerprint density at radius 1 is 1.19 bits per heavy atom. The lowest BCUT2D eigenvalue weighted by Gasteiger charge is -2.17. The molecule has 0 bridgehead atoms. The van der Waals surface area contributed by atoms with Crippen LogP contribution >= 0.6 is 0 Å². The van der Waals surface area contributed by atoms with E-state index in [0.717, 1.165) is 54.7 Å². The van der Waals surface area contributed by atoms with E-state index in [2.05, 4.69) is 15.6 Å². The van der Waals surface area contributed by atoms with E-state index in [1.54, 1.807) is 0 Å². The van der Waals surface area contributed by atoms with Crippen molar-refractivity contribution in [3.05, 3.63) is 46.5 Å². The molecule has 2 amide bonds. The molecular formula is C20H26N4O2. The molecule has 6 nitrogen and oxygen atoms in total. The number of nitrogens with zero attached hydrogens (tertiary/aromatic N) is 2. The van der Waals surface area contributed by atoms with Crippen molar-refractivity contribution in [2.24, 2.45) is 0 Å². The number of hydrogen-bond acceptors (Lipinski definition) is 3. The standard InChI is InChI=1S/C20H26N4O2/c1-4-10-21-19(25)17-16-7-5-6-11-24(16)18(23-17)20(26)22-15-12-13(2)8-9-14(15)3/h8-9,12H,4-7,10-11H2,1-3H3,(H,21,25)(H,22,26). The summed E-state index contributed by atoms with van der Waals surface area (Å²) in [5.41, 5.74) is 4.12. The highest BCUT2D eigenvalue weighted by Gasteiger charge is 2.27. The van der Waals surface area contributed by atoms with Crippen molar-refractivity contribution >= 4 is 17.5 Å². The van der Waals surface area contributed by atoms with Gasteiger partial charge >= 0.3 is 0 Å². The summed E-state index contributed by atoms with van der Waals surface area (Å²) >= 11 is 0. The molecule has 1 aromatic heterocycles. The fourth-order valence-electron chi connectivity index (χ4n) is 3.27. The van der Waals surface area contributed by atoms with E-state index in [0.29, 0.717) is 18.1 Å². The van der Waals surface area contributed by atoms with Crippen LogP contribution in [-0.2, 0) is 13.0 Å². The van der Waals surface area contributed by atoms with Gasteiger partial charge in [-0.1, -0.05) is 19.1 Å². The largest absolute Gasteiger partial charge is 0.351 e. The van der Waals surface area contributed by atoms with Crippen LogP contribution in [0.25, 0.3) is 0 Å². The normalized spacial score (nSPS) is 13.2. The number of aryl methyl sites for hydroxylation is 2. The predicted molar refractivity (Wildman–Crippen MR) is 102 cm³/mol. The molecule has 2 N–H and O–H groups in total. The summed E-state index contributed by atoms with van der Waals surface area (Å²) in [5, 5.41) is 5.83. The van der Waals surface area contributed by atoms with Crippen molar-refractivity contribution in [1.82, 2.24) is 14.9 Å². The second-order valence-electron chi connectivity index (χ2n) is 6.87. The van der Waals surface area contributed by atoms with Gasteiger partial charge in [0.15, 0.2) is 5.82 Å². The molecule has 2 aromatic rings. The van der Waals surface area contributed by atoms with Crippen LogP contribution in [0, 0.1) is 13.8 Å². The molecular weight excluding hydrogens is 328 g/mol. The minimum absolute atomic E-state index is 0.191. The van der Waals surface area contributed by atoms with Crippen LogP contribution < -0.4 is 10.6 Å². The van der Waals surface area contributed by atoms with Crippen molar-refractivity contribution in [2.75, 3.05) is 11.9 Å². The van der Waals surface area contributed by atoms with Crippen LogP contribution in [0.4, 0.5) is 5.69 Å². The van der Waals surface area contributed by atoms with Crippen molar-refractivity contribution in [3.63, 3.8) is 0 Å². The first kappa shape index (κ1) is 18.2. The van der Waals surface area contributed by atoms with E-state index >= 15 is 0 Å². The van der Waals surface area contributed by atoms with Gasteiger partial charge in [-0.05, 0) is 56.7 Å². The van der Waals surface area contributed by atoms with Crippen LogP contribution in [0.1, 0.15) is 64.1 Å². The maximum atomic E-state index is 12.9. The second kappa shape index (κ2) is 7.72. The lowest BCUT2D eigenvalue weighted by Crippen LogP contribution is -2.26. The molecule has 0 radical (unpaired) electrons. The van der Waals surface area contributed by atoms with Gasteiger partial charge in [-0.25, -0.2) is 4.98 Å². The summed E-state index contributed by atoms with van der Waals surface area (Å²) in [6.45, 7) is 7.28. The summed E-state index contributed by atoms with van der Waals surface area (Å²) < 4.78 is 1.91. The maximum absolute atomic E-state index is 12.9. The first-order chi connectivity index (χ1) is 12.5. The molecule has 3 rings (SSSR count). The molecule has 0 saturated carbocycles. The number of anilines is 1. The fourth-order valence-corrected chi connectivity index (χ4v) is 3.27. The number of amides is 2. The van der Waals surface area contributed by atoms with Gasteiger partial charge in [-0.2, -0.15) is 0 Å². The lowest BCUT2D eigenvalue weighted by molar-refractivity contribution is 0.0947. The van der Waals surface area contributed by atoms with E-state index < -0.39 is 0 Å². The highest BCUT2D eigenvalue weighted by atomic mass is 16.2. The number of carbonyl (C=O) groups excluding carboxylic acids is 2. The number of fused-ring (bicyclic) bond motifs is 1. The molecule has 0 unspecified atom stereocenters. The molecule has 1 aliphatic heterocycles. The highest BCUT2D eigenvalue weighted by Crippen LogP contribution is 2.23. The zero-order valence-electron chi connectivity index (χ0n) is 15.7.